The number of hydrogen-bond donors (Lipinski definition) is 1. The van der Waals surface area contributed by atoms with Gasteiger partial charge in [0.15, 0.2) is 0 Å². The van der Waals surface area contributed by atoms with Crippen molar-refractivity contribution in [2.75, 3.05) is 32.7 Å². The van der Waals surface area contributed by atoms with E-state index in [0.29, 0.717) is 13.1 Å². The summed E-state index contributed by atoms with van der Waals surface area (Å²) in [4.78, 5) is 20.4. The van der Waals surface area contributed by atoms with E-state index in [4.69, 9.17) is 0 Å². The topological polar surface area (TPSA) is 56.7 Å². The highest BCUT2D eigenvalue weighted by atomic mass is 16.3. The van der Waals surface area contributed by atoms with Gasteiger partial charge in [-0.25, -0.2) is 0 Å². The monoisotopic (exact) mass is 303 g/mol. The summed E-state index contributed by atoms with van der Waals surface area (Å²) in [5.74, 6) is 0.487. The van der Waals surface area contributed by atoms with Crippen LogP contribution in [0.25, 0.3) is 0 Å². The first kappa shape index (κ1) is 15.4. The van der Waals surface area contributed by atoms with Gasteiger partial charge in [-0.3, -0.25) is 14.7 Å². The van der Waals surface area contributed by atoms with E-state index in [9.17, 15) is 9.90 Å². The normalized spacial score (nSPS) is 23.3. The van der Waals surface area contributed by atoms with E-state index >= 15 is 0 Å². The minimum atomic E-state index is -0.427. The number of β-amino-alcohol motifs (C(OH)–C–C–N with tert-alkyl or cyclic N) is 1. The number of carbonyl (C=O) groups is 1. The number of aromatic nitrogens is 1. The molecule has 0 spiro atoms. The fraction of sp³-hybridized carbons (Fsp3) is 0.647. The Bertz CT molecular complexity index is 490. The lowest BCUT2D eigenvalue weighted by atomic mass is 10.1. The molecule has 5 nitrogen and oxygen atoms in total. The molecule has 0 aromatic carbocycles. The molecular formula is C17H25N3O2. The molecule has 3 rings (SSSR count). The third kappa shape index (κ3) is 4.27. The highest BCUT2D eigenvalue weighted by Gasteiger charge is 2.35. The molecule has 2 fully saturated rings. The maximum atomic E-state index is 12.2. The van der Waals surface area contributed by atoms with E-state index in [1.54, 1.807) is 6.20 Å². The molecule has 1 aromatic rings. The Morgan fingerprint density at radius 1 is 1.32 bits per heavy atom. The molecule has 1 unspecified atom stereocenters. The fourth-order valence-corrected chi connectivity index (χ4v) is 3.10. The van der Waals surface area contributed by atoms with Crippen molar-refractivity contribution in [1.82, 2.24) is 14.8 Å². The summed E-state index contributed by atoms with van der Waals surface area (Å²) >= 11 is 0. The molecule has 2 aliphatic rings. The summed E-state index contributed by atoms with van der Waals surface area (Å²) in [7, 11) is 0. The number of rotatable bonds is 5. The van der Waals surface area contributed by atoms with Gasteiger partial charge in [-0.2, -0.15) is 0 Å². The number of amides is 1. The molecule has 120 valence electrons. The Hall–Kier alpha value is -1.46. The fourth-order valence-electron chi connectivity index (χ4n) is 3.10. The van der Waals surface area contributed by atoms with Gasteiger partial charge in [-0.05, 0) is 43.9 Å². The van der Waals surface area contributed by atoms with Crippen molar-refractivity contribution in [3.05, 3.63) is 30.1 Å². The van der Waals surface area contributed by atoms with Crippen molar-refractivity contribution in [3.63, 3.8) is 0 Å². The summed E-state index contributed by atoms with van der Waals surface area (Å²) < 4.78 is 0. The first-order chi connectivity index (χ1) is 10.7. The Balaban J connectivity index is 1.45. The van der Waals surface area contributed by atoms with Gasteiger partial charge >= 0.3 is 0 Å². The van der Waals surface area contributed by atoms with Gasteiger partial charge in [0, 0.05) is 44.5 Å². The van der Waals surface area contributed by atoms with Crippen molar-refractivity contribution in [1.29, 1.82) is 0 Å². The zero-order valence-corrected chi connectivity index (χ0v) is 13.0. The number of pyridine rings is 1. The highest BCUT2D eigenvalue weighted by molar-refractivity contribution is 5.81. The zero-order valence-electron chi connectivity index (χ0n) is 13.0. The van der Waals surface area contributed by atoms with Crippen molar-refractivity contribution in [2.24, 2.45) is 5.92 Å². The van der Waals surface area contributed by atoms with Crippen LogP contribution in [-0.4, -0.2) is 64.6 Å². The molecular weight excluding hydrogens is 278 g/mol. The van der Waals surface area contributed by atoms with Crippen LogP contribution >= 0.6 is 0 Å². The van der Waals surface area contributed by atoms with Crippen molar-refractivity contribution in [2.45, 2.75) is 31.8 Å². The Kier molecular flexibility index (Phi) is 5.05. The molecule has 1 N–H and O–H groups in total. The average Bonchev–Trinajstić information content (AvgIpc) is 3.36. The van der Waals surface area contributed by atoms with E-state index in [1.165, 1.54) is 5.56 Å². The summed E-state index contributed by atoms with van der Waals surface area (Å²) in [6.07, 6.45) is 7.39. The summed E-state index contributed by atoms with van der Waals surface area (Å²) in [6.45, 7) is 3.73. The van der Waals surface area contributed by atoms with Crippen LogP contribution in [0.5, 0.6) is 0 Å². The van der Waals surface area contributed by atoms with Crippen LogP contribution in [-0.2, 0) is 11.2 Å². The SMILES string of the molecule is O=C(C1CC1)N1CCN(CCCc2cccnc2)CC(O)C1. The smallest absolute Gasteiger partial charge is 0.225 e. The maximum absolute atomic E-state index is 12.2. The van der Waals surface area contributed by atoms with Crippen LogP contribution in [0, 0.1) is 5.92 Å². The van der Waals surface area contributed by atoms with Crippen LogP contribution in [0.2, 0.25) is 0 Å². The van der Waals surface area contributed by atoms with E-state index in [1.807, 2.05) is 17.2 Å². The number of nitrogens with zero attached hydrogens (tertiary/aromatic N) is 3. The van der Waals surface area contributed by atoms with Gasteiger partial charge in [-0.15, -0.1) is 0 Å². The van der Waals surface area contributed by atoms with Gasteiger partial charge in [0.25, 0.3) is 0 Å². The number of carbonyl (C=O) groups excluding carboxylic acids is 1. The van der Waals surface area contributed by atoms with Crippen LogP contribution in [0.15, 0.2) is 24.5 Å². The van der Waals surface area contributed by atoms with Gasteiger partial charge in [0.1, 0.15) is 0 Å². The Labute approximate surface area is 131 Å². The molecule has 5 heteroatoms. The lowest BCUT2D eigenvalue weighted by Gasteiger charge is -2.21. The van der Waals surface area contributed by atoms with Gasteiger partial charge in [-0.1, -0.05) is 6.07 Å². The minimum absolute atomic E-state index is 0.240. The van der Waals surface area contributed by atoms with E-state index < -0.39 is 6.10 Å². The summed E-state index contributed by atoms with van der Waals surface area (Å²) in [5, 5.41) is 10.2. The molecule has 2 heterocycles. The molecule has 1 saturated heterocycles. The standard InChI is InChI=1S/C17H25N3O2/c21-16-12-19(8-2-4-14-3-1-7-18-11-14)9-10-20(13-16)17(22)15-5-6-15/h1,3,7,11,15-16,21H,2,4-6,8-10,12-13H2. The van der Waals surface area contributed by atoms with E-state index in [0.717, 1.165) is 45.3 Å². The second-order valence-corrected chi connectivity index (χ2v) is 6.48. The molecule has 1 amide bonds. The number of aliphatic hydroxyl groups is 1. The van der Waals surface area contributed by atoms with Gasteiger partial charge in [0.2, 0.25) is 5.91 Å². The number of aryl methyl sites for hydroxylation is 1. The lowest BCUT2D eigenvalue weighted by Crippen LogP contribution is -2.38. The maximum Gasteiger partial charge on any atom is 0.225 e. The third-order valence-electron chi connectivity index (χ3n) is 4.49. The Morgan fingerprint density at radius 3 is 2.91 bits per heavy atom. The molecule has 0 bridgehead atoms. The van der Waals surface area contributed by atoms with Gasteiger partial charge < -0.3 is 10.0 Å². The molecule has 22 heavy (non-hydrogen) atoms. The van der Waals surface area contributed by atoms with Crippen molar-refractivity contribution < 1.29 is 9.90 Å². The van der Waals surface area contributed by atoms with Crippen LogP contribution in [0.1, 0.15) is 24.8 Å². The zero-order chi connectivity index (χ0) is 15.4. The predicted octanol–water partition coefficient (Wildman–Crippen LogP) is 0.929. The molecule has 1 aromatic heterocycles. The number of hydrogen-bond acceptors (Lipinski definition) is 4. The van der Waals surface area contributed by atoms with E-state index in [2.05, 4.69) is 16.0 Å². The summed E-state index contributed by atoms with van der Waals surface area (Å²) in [5.41, 5.74) is 1.25. The van der Waals surface area contributed by atoms with Crippen molar-refractivity contribution in [3.8, 4) is 0 Å². The predicted molar refractivity (Wildman–Crippen MR) is 84.3 cm³/mol. The lowest BCUT2D eigenvalue weighted by molar-refractivity contribution is -0.133. The quantitative estimate of drug-likeness (QED) is 0.879. The molecule has 1 saturated carbocycles. The van der Waals surface area contributed by atoms with Crippen LogP contribution in [0.4, 0.5) is 0 Å². The van der Waals surface area contributed by atoms with Crippen LogP contribution in [0.3, 0.4) is 0 Å². The molecule has 1 aliphatic carbocycles. The highest BCUT2D eigenvalue weighted by Crippen LogP contribution is 2.31. The molecule has 1 aliphatic heterocycles. The first-order valence-electron chi connectivity index (χ1n) is 8.30. The van der Waals surface area contributed by atoms with Gasteiger partial charge in [0.05, 0.1) is 6.10 Å². The summed E-state index contributed by atoms with van der Waals surface area (Å²) in [6, 6.07) is 4.06. The molecule has 1 atom stereocenters. The minimum Gasteiger partial charge on any atom is -0.390 e. The second kappa shape index (κ2) is 7.20. The third-order valence-corrected chi connectivity index (χ3v) is 4.49. The average molecular weight is 303 g/mol. The van der Waals surface area contributed by atoms with Crippen LogP contribution < -0.4 is 0 Å². The first-order valence-corrected chi connectivity index (χ1v) is 8.30. The second-order valence-electron chi connectivity index (χ2n) is 6.48. The van der Waals surface area contributed by atoms with Crippen molar-refractivity contribution >= 4 is 5.91 Å². The largest absolute Gasteiger partial charge is 0.390 e. The molecule has 0 radical (unpaired) electrons. The van der Waals surface area contributed by atoms with E-state index in [-0.39, 0.29) is 11.8 Å². The Morgan fingerprint density at radius 2 is 2.18 bits per heavy atom. The number of aliphatic hydroxyl groups excluding tert-OH is 1.